The number of nitrogens with one attached hydrogen (secondary N) is 2. The minimum Gasteiger partial charge on any atom is -0.493 e. The molecule has 0 spiro atoms. The van der Waals surface area contributed by atoms with Gasteiger partial charge in [-0.15, -0.1) is 0 Å². The van der Waals surface area contributed by atoms with E-state index in [0.717, 1.165) is 11.4 Å². The summed E-state index contributed by atoms with van der Waals surface area (Å²) in [6.07, 6.45) is 1.23. The third kappa shape index (κ3) is 7.15. The second-order valence-corrected chi connectivity index (χ2v) is 10.7. The van der Waals surface area contributed by atoms with E-state index < -0.39 is 10.0 Å². The van der Waals surface area contributed by atoms with Gasteiger partial charge >= 0.3 is 0 Å². The van der Waals surface area contributed by atoms with E-state index in [9.17, 15) is 13.2 Å². The van der Waals surface area contributed by atoms with Gasteiger partial charge in [-0.05, 0) is 48.5 Å². The van der Waals surface area contributed by atoms with Crippen LogP contribution in [0.1, 0.15) is 24.2 Å². The standard InChI is InChI=1S/C23H30N4O4S2/c1-17(2)16-31-19-8-6-7-18(15-19)22(28)25-23(32)24-20-9-4-5-10-21(20)26-11-13-27(14-12-26)33(3,29)30/h4-10,15,17H,11-14,16H2,1-3H3,(H2,24,25,28,32). The molecular weight excluding hydrogens is 460 g/mol. The maximum atomic E-state index is 12.7. The predicted octanol–water partition coefficient (Wildman–Crippen LogP) is 2.93. The van der Waals surface area contributed by atoms with Crippen molar-refractivity contribution in [3.63, 3.8) is 0 Å². The smallest absolute Gasteiger partial charge is 0.257 e. The zero-order valence-corrected chi connectivity index (χ0v) is 20.7. The number of piperazine rings is 1. The number of rotatable bonds is 7. The number of hydrogen-bond acceptors (Lipinski definition) is 6. The van der Waals surface area contributed by atoms with Crippen molar-refractivity contribution in [1.82, 2.24) is 9.62 Å². The lowest BCUT2D eigenvalue weighted by Crippen LogP contribution is -2.48. The van der Waals surface area contributed by atoms with Gasteiger partial charge < -0.3 is 15.0 Å². The highest BCUT2D eigenvalue weighted by atomic mass is 32.2. The molecule has 1 amide bonds. The highest BCUT2D eigenvalue weighted by molar-refractivity contribution is 7.88. The van der Waals surface area contributed by atoms with Crippen molar-refractivity contribution in [3.05, 3.63) is 54.1 Å². The molecule has 0 atom stereocenters. The molecule has 0 radical (unpaired) electrons. The van der Waals surface area contributed by atoms with Gasteiger partial charge in [0.25, 0.3) is 5.91 Å². The van der Waals surface area contributed by atoms with Crippen molar-refractivity contribution in [3.8, 4) is 5.75 Å². The first-order valence-corrected chi connectivity index (χ1v) is 13.0. The van der Waals surface area contributed by atoms with Gasteiger partial charge in [-0.25, -0.2) is 8.42 Å². The molecule has 2 aromatic rings. The van der Waals surface area contributed by atoms with E-state index in [2.05, 4.69) is 29.4 Å². The van der Waals surface area contributed by atoms with E-state index in [-0.39, 0.29) is 11.0 Å². The Hall–Kier alpha value is -2.69. The maximum Gasteiger partial charge on any atom is 0.257 e. The van der Waals surface area contributed by atoms with Crippen LogP contribution in [0.25, 0.3) is 0 Å². The summed E-state index contributed by atoms with van der Waals surface area (Å²) in [5.41, 5.74) is 2.08. The van der Waals surface area contributed by atoms with Gasteiger partial charge in [0.05, 0.1) is 24.2 Å². The van der Waals surface area contributed by atoms with Gasteiger partial charge in [0.1, 0.15) is 5.75 Å². The molecular formula is C23H30N4O4S2. The van der Waals surface area contributed by atoms with Crippen molar-refractivity contribution in [2.75, 3.05) is 49.3 Å². The van der Waals surface area contributed by atoms with Crippen LogP contribution < -0.4 is 20.3 Å². The predicted molar refractivity (Wildman–Crippen MR) is 136 cm³/mol. The number of carbonyl (C=O) groups excluding carboxylic acids is 1. The molecule has 0 aromatic heterocycles. The van der Waals surface area contributed by atoms with Crippen LogP contribution in [0.3, 0.4) is 0 Å². The van der Waals surface area contributed by atoms with Crippen molar-refractivity contribution in [2.45, 2.75) is 13.8 Å². The second-order valence-electron chi connectivity index (χ2n) is 8.31. The van der Waals surface area contributed by atoms with E-state index >= 15 is 0 Å². The molecule has 2 aromatic carbocycles. The van der Waals surface area contributed by atoms with Gasteiger partial charge in [0.15, 0.2) is 5.11 Å². The van der Waals surface area contributed by atoms with Crippen LogP contribution >= 0.6 is 12.2 Å². The molecule has 2 N–H and O–H groups in total. The summed E-state index contributed by atoms with van der Waals surface area (Å²) in [5, 5.41) is 5.99. The number of sulfonamides is 1. The molecule has 0 aliphatic carbocycles. The highest BCUT2D eigenvalue weighted by Gasteiger charge is 2.24. The number of benzene rings is 2. The highest BCUT2D eigenvalue weighted by Crippen LogP contribution is 2.27. The van der Waals surface area contributed by atoms with Crippen LogP contribution in [0.4, 0.5) is 11.4 Å². The zero-order chi connectivity index (χ0) is 24.0. The number of ether oxygens (including phenoxy) is 1. The number of hydrogen-bond donors (Lipinski definition) is 2. The van der Waals surface area contributed by atoms with Crippen LogP contribution in [0.5, 0.6) is 5.75 Å². The number of nitrogens with zero attached hydrogens (tertiary/aromatic N) is 2. The van der Waals surface area contributed by atoms with Crippen LogP contribution in [0.2, 0.25) is 0 Å². The Labute approximate surface area is 201 Å². The molecule has 0 unspecified atom stereocenters. The molecule has 8 nitrogen and oxygen atoms in total. The molecule has 1 fully saturated rings. The SMILES string of the molecule is CC(C)COc1cccc(C(=O)NC(=S)Nc2ccccc2N2CCN(S(C)(=O)=O)CC2)c1. The quantitative estimate of drug-likeness (QED) is 0.577. The Bertz CT molecular complexity index is 1100. The van der Waals surface area contributed by atoms with Gasteiger partial charge in [-0.3, -0.25) is 10.1 Å². The molecule has 1 heterocycles. The van der Waals surface area contributed by atoms with E-state index in [1.807, 2.05) is 30.3 Å². The molecule has 33 heavy (non-hydrogen) atoms. The maximum absolute atomic E-state index is 12.7. The number of thiocarbonyl (C=S) groups is 1. The van der Waals surface area contributed by atoms with Gasteiger partial charge in [0.2, 0.25) is 10.0 Å². The van der Waals surface area contributed by atoms with E-state index in [4.69, 9.17) is 17.0 Å². The molecule has 1 aliphatic heterocycles. The fraction of sp³-hybridized carbons (Fsp3) is 0.391. The summed E-state index contributed by atoms with van der Waals surface area (Å²) >= 11 is 5.38. The Balaban J connectivity index is 1.62. The zero-order valence-electron chi connectivity index (χ0n) is 19.1. The lowest BCUT2D eigenvalue weighted by atomic mass is 10.2. The number of para-hydroxylation sites is 2. The van der Waals surface area contributed by atoms with Crippen molar-refractivity contribution in [1.29, 1.82) is 0 Å². The summed E-state index contributed by atoms with van der Waals surface area (Å²) < 4.78 is 30.7. The number of amides is 1. The van der Waals surface area contributed by atoms with Crippen molar-refractivity contribution >= 4 is 44.6 Å². The van der Waals surface area contributed by atoms with Crippen molar-refractivity contribution in [2.24, 2.45) is 5.92 Å². The third-order valence-electron chi connectivity index (χ3n) is 5.11. The first-order valence-electron chi connectivity index (χ1n) is 10.8. The molecule has 3 rings (SSSR count). The summed E-state index contributed by atoms with van der Waals surface area (Å²) in [5.74, 6) is 0.684. The van der Waals surface area contributed by atoms with Crippen LogP contribution in [0.15, 0.2) is 48.5 Å². The molecule has 1 aliphatic rings. The first kappa shape index (κ1) is 24.9. The molecule has 0 bridgehead atoms. The summed E-state index contributed by atoms with van der Waals surface area (Å²) in [4.78, 5) is 14.8. The topological polar surface area (TPSA) is 91.0 Å². The van der Waals surface area contributed by atoms with Gasteiger partial charge in [-0.2, -0.15) is 4.31 Å². The third-order valence-corrected chi connectivity index (χ3v) is 6.61. The van der Waals surface area contributed by atoms with Crippen LogP contribution in [-0.2, 0) is 10.0 Å². The second kappa shape index (κ2) is 11.0. The van der Waals surface area contributed by atoms with Crippen LogP contribution in [0, 0.1) is 5.92 Å². The summed E-state index contributed by atoms with van der Waals surface area (Å²) in [6.45, 7) is 6.66. The summed E-state index contributed by atoms with van der Waals surface area (Å²) in [7, 11) is -3.20. The van der Waals surface area contributed by atoms with Crippen molar-refractivity contribution < 1.29 is 17.9 Å². The Morgan fingerprint density at radius 2 is 1.79 bits per heavy atom. The minimum atomic E-state index is -3.20. The van der Waals surface area contributed by atoms with Gasteiger partial charge in [0, 0.05) is 31.7 Å². The minimum absolute atomic E-state index is 0.177. The molecule has 178 valence electrons. The first-order chi connectivity index (χ1) is 15.6. The van der Waals surface area contributed by atoms with Crippen LogP contribution in [-0.4, -0.2) is 62.8 Å². The lowest BCUT2D eigenvalue weighted by Gasteiger charge is -2.35. The van der Waals surface area contributed by atoms with E-state index in [1.165, 1.54) is 10.6 Å². The largest absolute Gasteiger partial charge is 0.493 e. The number of carbonyl (C=O) groups is 1. The average molecular weight is 491 g/mol. The number of anilines is 2. The summed E-state index contributed by atoms with van der Waals surface area (Å²) in [6, 6.07) is 14.6. The Kier molecular flexibility index (Phi) is 8.28. The monoisotopic (exact) mass is 490 g/mol. The normalized spacial score (nSPS) is 14.7. The average Bonchev–Trinajstić information content (AvgIpc) is 2.77. The van der Waals surface area contributed by atoms with E-state index in [0.29, 0.717) is 50.0 Å². The van der Waals surface area contributed by atoms with E-state index in [1.54, 1.807) is 18.2 Å². The fourth-order valence-electron chi connectivity index (χ4n) is 3.43. The molecule has 0 saturated carbocycles. The Morgan fingerprint density at radius 1 is 1.09 bits per heavy atom. The lowest BCUT2D eigenvalue weighted by molar-refractivity contribution is 0.0977. The Morgan fingerprint density at radius 3 is 2.45 bits per heavy atom. The molecule has 10 heteroatoms. The van der Waals surface area contributed by atoms with Gasteiger partial charge in [-0.1, -0.05) is 32.0 Å². The molecule has 1 saturated heterocycles. The fourth-order valence-corrected chi connectivity index (χ4v) is 4.46.